The van der Waals surface area contributed by atoms with Crippen LogP contribution >= 0.6 is 11.6 Å². The van der Waals surface area contributed by atoms with Crippen molar-refractivity contribution in [3.8, 4) is 0 Å². The zero-order valence-electron chi connectivity index (χ0n) is 17.4. The van der Waals surface area contributed by atoms with Crippen LogP contribution in [-0.2, 0) is 6.42 Å². The van der Waals surface area contributed by atoms with Crippen LogP contribution in [0.3, 0.4) is 0 Å². The number of nitrogens with zero attached hydrogens (tertiary/aromatic N) is 6. The maximum Gasteiger partial charge on any atom is 0.231 e. The summed E-state index contributed by atoms with van der Waals surface area (Å²) >= 11 is 6.16. The Morgan fingerprint density at radius 1 is 0.903 bits per heavy atom. The minimum absolute atomic E-state index is 0.0624. The Labute approximate surface area is 187 Å². The van der Waals surface area contributed by atoms with Crippen LogP contribution in [0.5, 0.6) is 0 Å². The standard InChI is InChI=1S/C19H30ClN11/c20-15-28-18(27-11-8-14-6-2-1-3-7-14)30-19(29-15)31(12-4-9-25-16(21)22)13-5-10-26-17(23)24/h1-3,6-7H,4-5,8-13H2,(H4,21,22,25)(H4,23,24,26)(H,27,28,29,30). The molecule has 9 N–H and O–H groups in total. The highest BCUT2D eigenvalue weighted by atomic mass is 35.5. The second-order valence-corrected chi connectivity index (χ2v) is 7.04. The van der Waals surface area contributed by atoms with Gasteiger partial charge in [-0.1, -0.05) is 30.3 Å². The first kappa shape index (κ1) is 23.9. The van der Waals surface area contributed by atoms with Gasteiger partial charge >= 0.3 is 0 Å². The lowest BCUT2D eigenvalue weighted by molar-refractivity contribution is 0.683. The molecular weight excluding hydrogens is 418 g/mol. The number of aromatic nitrogens is 3. The van der Waals surface area contributed by atoms with Crippen molar-refractivity contribution in [3.05, 3.63) is 41.2 Å². The summed E-state index contributed by atoms with van der Waals surface area (Å²) in [6.07, 6.45) is 2.25. The predicted molar refractivity (Wildman–Crippen MR) is 126 cm³/mol. The van der Waals surface area contributed by atoms with Gasteiger partial charge in [-0.05, 0) is 36.4 Å². The Balaban J connectivity index is 2.03. The Bertz CT molecular complexity index is 825. The fraction of sp³-hybridized carbons (Fsp3) is 0.421. The molecule has 1 aromatic heterocycles. The SMILES string of the molecule is NC(N)=NCCCN(CCCN=C(N)N)c1nc(Cl)nc(NCCc2ccccc2)n1. The fourth-order valence-electron chi connectivity index (χ4n) is 2.77. The van der Waals surface area contributed by atoms with Crippen molar-refractivity contribution < 1.29 is 0 Å². The van der Waals surface area contributed by atoms with E-state index in [0.29, 0.717) is 57.5 Å². The molecule has 2 aromatic rings. The van der Waals surface area contributed by atoms with E-state index in [1.807, 2.05) is 23.1 Å². The predicted octanol–water partition coefficient (Wildman–Crippen LogP) is 0.313. The van der Waals surface area contributed by atoms with Gasteiger partial charge < -0.3 is 33.2 Å². The largest absolute Gasteiger partial charge is 0.370 e. The van der Waals surface area contributed by atoms with Gasteiger partial charge in [-0.15, -0.1) is 0 Å². The summed E-state index contributed by atoms with van der Waals surface area (Å²) in [7, 11) is 0. The number of nitrogens with one attached hydrogen (secondary N) is 1. The van der Waals surface area contributed by atoms with Crippen molar-refractivity contribution in [2.45, 2.75) is 19.3 Å². The smallest absolute Gasteiger partial charge is 0.231 e. The highest BCUT2D eigenvalue weighted by Gasteiger charge is 2.13. The topological polar surface area (TPSA) is 183 Å². The van der Waals surface area contributed by atoms with E-state index in [2.05, 4.69) is 42.4 Å². The number of hydrogen-bond acceptors (Lipinski definition) is 7. The summed E-state index contributed by atoms with van der Waals surface area (Å²) in [5, 5.41) is 3.33. The van der Waals surface area contributed by atoms with Crippen LogP contribution in [0, 0.1) is 0 Å². The lowest BCUT2D eigenvalue weighted by atomic mass is 10.1. The molecule has 2 rings (SSSR count). The van der Waals surface area contributed by atoms with Crippen molar-refractivity contribution >= 4 is 35.4 Å². The first-order chi connectivity index (χ1) is 14.9. The molecular formula is C19H30ClN11. The van der Waals surface area contributed by atoms with E-state index in [9.17, 15) is 0 Å². The minimum Gasteiger partial charge on any atom is -0.370 e. The molecule has 11 nitrogen and oxygen atoms in total. The van der Waals surface area contributed by atoms with Gasteiger partial charge in [-0.3, -0.25) is 9.98 Å². The quantitative estimate of drug-likeness (QED) is 0.164. The second kappa shape index (κ2) is 13.1. The first-order valence-electron chi connectivity index (χ1n) is 9.99. The zero-order valence-corrected chi connectivity index (χ0v) is 18.2. The second-order valence-electron chi connectivity index (χ2n) is 6.70. The molecule has 0 atom stereocenters. The third kappa shape index (κ3) is 9.81. The Hall–Kier alpha value is -3.34. The van der Waals surface area contributed by atoms with Gasteiger partial charge in [0.05, 0.1) is 0 Å². The highest BCUT2D eigenvalue weighted by Crippen LogP contribution is 2.15. The van der Waals surface area contributed by atoms with Gasteiger partial charge in [-0.25, -0.2) is 0 Å². The fourth-order valence-corrected chi connectivity index (χ4v) is 2.93. The molecule has 1 heterocycles. The molecule has 168 valence electrons. The van der Waals surface area contributed by atoms with Crippen molar-refractivity contribution in [2.24, 2.45) is 32.9 Å². The summed E-state index contributed by atoms with van der Waals surface area (Å²) in [5.74, 6) is 1.01. The molecule has 12 heteroatoms. The van der Waals surface area contributed by atoms with E-state index < -0.39 is 0 Å². The number of nitrogens with two attached hydrogens (primary N) is 4. The Kier molecular flexibility index (Phi) is 10.1. The number of guanidine groups is 2. The van der Waals surface area contributed by atoms with Crippen molar-refractivity contribution in [2.75, 3.05) is 42.9 Å². The molecule has 0 fully saturated rings. The van der Waals surface area contributed by atoms with Crippen LogP contribution in [0.2, 0.25) is 5.28 Å². The van der Waals surface area contributed by atoms with E-state index in [-0.39, 0.29) is 17.2 Å². The average molecular weight is 448 g/mol. The molecule has 0 aliphatic rings. The Morgan fingerprint density at radius 3 is 2.10 bits per heavy atom. The molecule has 0 aliphatic carbocycles. The maximum atomic E-state index is 6.16. The van der Waals surface area contributed by atoms with E-state index in [4.69, 9.17) is 34.5 Å². The van der Waals surface area contributed by atoms with Gasteiger partial charge in [0.15, 0.2) is 11.9 Å². The number of aliphatic imine (C=N–C) groups is 2. The number of benzene rings is 1. The van der Waals surface area contributed by atoms with Crippen LogP contribution in [0.25, 0.3) is 0 Å². The number of rotatable bonds is 13. The molecule has 0 bridgehead atoms. The third-order valence-electron chi connectivity index (χ3n) is 4.18. The van der Waals surface area contributed by atoms with E-state index in [1.54, 1.807) is 0 Å². The number of halogens is 1. The summed E-state index contributed by atoms with van der Waals surface area (Å²) in [6.45, 7) is 2.91. The normalized spacial score (nSPS) is 10.4. The molecule has 0 radical (unpaired) electrons. The van der Waals surface area contributed by atoms with E-state index in [0.717, 1.165) is 6.42 Å². The molecule has 1 aromatic carbocycles. The minimum atomic E-state index is 0.0624. The number of hydrogen-bond donors (Lipinski definition) is 5. The third-order valence-corrected chi connectivity index (χ3v) is 4.35. The van der Waals surface area contributed by atoms with Crippen LogP contribution in [0.1, 0.15) is 18.4 Å². The molecule has 0 aliphatic heterocycles. The summed E-state index contributed by atoms with van der Waals surface area (Å²) in [5.41, 5.74) is 22.8. The van der Waals surface area contributed by atoms with Crippen LogP contribution in [0.4, 0.5) is 11.9 Å². The van der Waals surface area contributed by atoms with Crippen LogP contribution < -0.4 is 33.2 Å². The van der Waals surface area contributed by atoms with Crippen LogP contribution in [0.15, 0.2) is 40.3 Å². The lowest BCUT2D eigenvalue weighted by Gasteiger charge is -2.22. The summed E-state index contributed by atoms with van der Waals surface area (Å²) < 4.78 is 0. The van der Waals surface area contributed by atoms with Crippen molar-refractivity contribution in [1.29, 1.82) is 0 Å². The van der Waals surface area contributed by atoms with Gasteiger partial charge in [0, 0.05) is 32.7 Å². The monoisotopic (exact) mass is 447 g/mol. The molecule has 0 amide bonds. The Morgan fingerprint density at radius 2 is 1.52 bits per heavy atom. The van der Waals surface area contributed by atoms with Crippen LogP contribution in [-0.4, -0.2) is 59.6 Å². The molecule has 0 spiro atoms. The maximum absolute atomic E-state index is 6.16. The molecule has 0 saturated heterocycles. The average Bonchev–Trinajstić information content (AvgIpc) is 2.72. The lowest BCUT2D eigenvalue weighted by Crippen LogP contribution is -2.30. The molecule has 31 heavy (non-hydrogen) atoms. The first-order valence-corrected chi connectivity index (χ1v) is 10.4. The van der Waals surface area contributed by atoms with Crippen molar-refractivity contribution in [1.82, 2.24) is 15.0 Å². The summed E-state index contributed by atoms with van der Waals surface area (Å²) in [6, 6.07) is 10.2. The highest BCUT2D eigenvalue weighted by molar-refractivity contribution is 6.28. The van der Waals surface area contributed by atoms with E-state index >= 15 is 0 Å². The van der Waals surface area contributed by atoms with Crippen molar-refractivity contribution in [3.63, 3.8) is 0 Å². The van der Waals surface area contributed by atoms with Gasteiger partial charge in [0.2, 0.25) is 17.2 Å². The molecule has 0 unspecified atom stereocenters. The van der Waals surface area contributed by atoms with Gasteiger partial charge in [0.1, 0.15) is 0 Å². The molecule has 0 saturated carbocycles. The summed E-state index contributed by atoms with van der Waals surface area (Å²) in [4.78, 5) is 23.0. The van der Waals surface area contributed by atoms with E-state index in [1.165, 1.54) is 5.56 Å². The zero-order chi connectivity index (χ0) is 22.5. The van der Waals surface area contributed by atoms with Gasteiger partial charge in [0.25, 0.3) is 0 Å². The number of anilines is 2. The van der Waals surface area contributed by atoms with Gasteiger partial charge in [-0.2, -0.15) is 15.0 Å².